The van der Waals surface area contributed by atoms with Crippen LogP contribution < -0.4 is 0 Å². The summed E-state index contributed by atoms with van der Waals surface area (Å²) in [7, 11) is 0. The summed E-state index contributed by atoms with van der Waals surface area (Å²) in [5.74, 6) is 0.747. The van der Waals surface area contributed by atoms with Crippen LogP contribution in [0.1, 0.15) is 27.3 Å². The summed E-state index contributed by atoms with van der Waals surface area (Å²) in [6.45, 7) is 0.633. The van der Waals surface area contributed by atoms with Crippen molar-refractivity contribution >= 4 is 44.8 Å². The smallest absolute Gasteiger partial charge is 0.343 e. The second-order valence-electron chi connectivity index (χ2n) is 7.80. The number of hydrogen-bond donors (Lipinski definition) is 0. The predicted octanol–water partition coefficient (Wildman–Crippen LogP) is 7.20. The minimum atomic E-state index is -0.411. The van der Waals surface area contributed by atoms with E-state index in [1.807, 2.05) is 84.9 Å². The summed E-state index contributed by atoms with van der Waals surface area (Å²) < 4.78 is 9.08. The van der Waals surface area contributed by atoms with Crippen molar-refractivity contribution in [2.45, 2.75) is 6.54 Å². The molecule has 0 radical (unpaired) electrons. The number of ether oxygens (including phenoxy) is 1. The van der Waals surface area contributed by atoms with Gasteiger partial charge in [0.05, 0.1) is 16.6 Å². The molecular formula is C29H21BrN2O2. The van der Waals surface area contributed by atoms with Crippen molar-refractivity contribution in [3.8, 4) is 0 Å². The maximum Gasteiger partial charge on any atom is 0.343 e. The lowest BCUT2D eigenvalue weighted by Gasteiger charge is -2.11. The fraction of sp³-hybridized carbons (Fsp3) is 0.0345. The summed E-state index contributed by atoms with van der Waals surface area (Å²) in [5, 5.41) is 0. The summed E-state index contributed by atoms with van der Waals surface area (Å²) in [6.07, 6.45) is 1.84. The Morgan fingerprint density at radius 1 is 0.794 bits per heavy atom. The van der Waals surface area contributed by atoms with E-state index in [2.05, 4.69) is 38.7 Å². The van der Waals surface area contributed by atoms with Gasteiger partial charge in [-0.2, -0.15) is 0 Å². The number of aromatic nitrogens is 2. The van der Waals surface area contributed by atoms with E-state index < -0.39 is 5.97 Å². The van der Waals surface area contributed by atoms with Gasteiger partial charge in [-0.05, 0) is 42.0 Å². The third-order valence-corrected chi connectivity index (χ3v) is 6.00. The summed E-state index contributed by atoms with van der Waals surface area (Å²) >= 11 is 3.50. The average molecular weight is 509 g/mol. The molecule has 5 heteroatoms. The summed E-state index contributed by atoms with van der Waals surface area (Å²) in [6, 6.07) is 34.9. The lowest BCUT2D eigenvalue weighted by atomic mass is 10.1. The molecular weight excluding hydrogens is 488 g/mol. The number of fused-ring (bicyclic) bond motifs is 1. The van der Waals surface area contributed by atoms with Gasteiger partial charge in [-0.25, -0.2) is 9.78 Å². The maximum atomic E-state index is 12.9. The van der Waals surface area contributed by atoms with Gasteiger partial charge in [-0.3, -0.25) is 0 Å². The van der Waals surface area contributed by atoms with Crippen LogP contribution in [0.3, 0.4) is 0 Å². The first kappa shape index (κ1) is 21.9. The largest absolute Gasteiger partial charge is 0.422 e. The monoisotopic (exact) mass is 508 g/mol. The first-order valence-electron chi connectivity index (χ1n) is 10.9. The van der Waals surface area contributed by atoms with Gasteiger partial charge in [-0.1, -0.05) is 88.7 Å². The van der Waals surface area contributed by atoms with Gasteiger partial charge >= 0.3 is 5.97 Å². The average Bonchev–Trinajstić information content (AvgIpc) is 3.22. The van der Waals surface area contributed by atoms with Crippen molar-refractivity contribution in [3.63, 3.8) is 0 Å². The number of para-hydroxylation sites is 2. The molecule has 0 aliphatic heterocycles. The van der Waals surface area contributed by atoms with Crippen LogP contribution in [0.15, 0.2) is 114 Å². The molecule has 5 rings (SSSR count). The Balaban J connectivity index is 1.60. The zero-order valence-electron chi connectivity index (χ0n) is 18.3. The maximum absolute atomic E-state index is 12.9. The van der Waals surface area contributed by atoms with Gasteiger partial charge < -0.3 is 9.30 Å². The number of carbonyl (C=O) groups excluding carboxylic acids is 1. The topological polar surface area (TPSA) is 44.1 Å². The highest BCUT2D eigenvalue weighted by molar-refractivity contribution is 9.10. The fourth-order valence-electron chi connectivity index (χ4n) is 3.77. The predicted molar refractivity (Wildman–Crippen MR) is 139 cm³/mol. The Kier molecular flexibility index (Phi) is 6.36. The highest BCUT2D eigenvalue weighted by atomic mass is 79.9. The zero-order valence-corrected chi connectivity index (χ0v) is 19.9. The molecule has 5 aromatic rings. The van der Waals surface area contributed by atoms with Crippen molar-refractivity contribution in [1.82, 2.24) is 9.55 Å². The molecule has 1 heterocycles. The molecule has 0 saturated heterocycles. The first-order valence-corrected chi connectivity index (χ1v) is 11.7. The van der Waals surface area contributed by atoms with Crippen LogP contribution in [-0.2, 0) is 11.3 Å². The Labute approximate surface area is 206 Å². The zero-order chi connectivity index (χ0) is 23.3. The Hall–Kier alpha value is -3.96. The second-order valence-corrected chi connectivity index (χ2v) is 8.72. The molecule has 0 amide bonds. The first-order chi connectivity index (χ1) is 16.7. The molecule has 166 valence electrons. The van der Waals surface area contributed by atoms with Crippen LogP contribution in [-0.4, -0.2) is 15.5 Å². The number of hydrogen-bond acceptors (Lipinski definition) is 3. The molecule has 0 spiro atoms. The van der Waals surface area contributed by atoms with Crippen LogP contribution in [0, 0.1) is 0 Å². The third kappa shape index (κ3) is 4.85. The van der Waals surface area contributed by atoms with Crippen molar-refractivity contribution in [1.29, 1.82) is 0 Å². The molecule has 0 fully saturated rings. The van der Waals surface area contributed by atoms with Gasteiger partial charge in [0.1, 0.15) is 11.6 Å². The van der Waals surface area contributed by atoms with Gasteiger partial charge in [-0.15, -0.1) is 0 Å². The lowest BCUT2D eigenvalue weighted by Crippen LogP contribution is -2.06. The number of halogens is 1. The number of rotatable bonds is 6. The Morgan fingerprint density at radius 2 is 1.41 bits per heavy atom. The van der Waals surface area contributed by atoms with E-state index in [1.165, 1.54) is 0 Å². The number of esters is 1. The van der Waals surface area contributed by atoms with E-state index in [9.17, 15) is 4.79 Å². The van der Waals surface area contributed by atoms with Crippen molar-refractivity contribution in [2.75, 3.05) is 0 Å². The highest BCUT2D eigenvalue weighted by Gasteiger charge is 2.15. The minimum absolute atomic E-state index is 0.411. The molecule has 0 bridgehead atoms. The van der Waals surface area contributed by atoms with Crippen molar-refractivity contribution < 1.29 is 9.53 Å². The van der Waals surface area contributed by atoms with E-state index in [-0.39, 0.29) is 0 Å². The van der Waals surface area contributed by atoms with Gasteiger partial charge in [0.15, 0.2) is 0 Å². The third-order valence-electron chi connectivity index (χ3n) is 5.47. The minimum Gasteiger partial charge on any atom is -0.422 e. The molecule has 0 saturated carbocycles. The summed E-state index contributed by atoms with van der Waals surface area (Å²) in [4.78, 5) is 17.8. The van der Waals surface area contributed by atoms with Crippen molar-refractivity contribution in [3.05, 3.63) is 136 Å². The van der Waals surface area contributed by atoms with Gasteiger partial charge in [0, 0.05) is 22.7 Å². The number of carbonyl (C=O) groups is 1. The Morgan fingerprint density at radius 3 is 2.12 bits per heavy atom. The number of benzene rings is 4. The van der Waals surface area contributed by atoms with Crippen molar-refractivity contribution in [2.24, 2.45) is 0 Å². The van der Waals surface area contributed by atoms with Gasteiger partial charge in [0.2, 0.25) is 0 Å². The van der Waals surface area contributed by atoms with Crippen LogP contribution in [0.4, 0.5) is 0 Å². The van der Waals surface area contributed by atoms with E-state index in [1.54, 1.807) is 12.1 Å². The molecule has 1 aromatic heterocycles. The molecule has 34 heavy (non-hydrogen) atoms. The molecule has 0 unspecified atom stereocenters. The molecule has 4 nitrogen and oxygen atoms in total. The molecule has 4 aromatic carbocycles. The van der Waals surface area contributed by atoms with E-state index >= 15 is 0 Å². The number of nitrogens with zero attached hydrogens (tertiary/aromatic N) is 2. The van der Waals surface area contributed by atoms with Crippen LogP contribution in [0.5, 0.6) is 0 Å². The molecule has 0 aliphatic carbocycles. The SMILES string of the molecule is O=C(O/C(=C/c1nc2ccccc2n1Cc1ccc(Br)cc1)c1ccccc1)c1ccccc1. The van der Waals surface area contributed by atoms with E-state index in [0.29, 0.717) is 23.7 Å². The lowest BCUT2D eigenvalue weighted by molar-refractivity contribution is 0.0693. The molecule has 0 N–H and O–H groups in total. The van der Waals surface area contributed by atoms with Crippen LogP contribution >= 0.6 is 15.9 Å². The second kappa shape index (κ2) is 9.89. The number of imidazole rings is 1. The standard InChI is InChI=1S/C29H21BrN2O2/c30-24-17-15-21(16-18-24)20-32-26-14-8-7-13-25(26)31-28(32)19-27(22-9-3-1-4-10-22)34-29(33)23-11-5-2-6-12-23/h1-19H,20H2/b27-19+. The van der Waals surface area contributed by atoms with E-state index in [4.69, 9.17) is 9.72 Å². The normalized spacial score (nSPS) is 11.5. The van der Waals surface area contributed by atoms with E-state index in [0.717, 1.165) is 26.6 Å². The highest BCUT2D eigenvalue weighted by Crippen LogP contribution is 2.25. The fourth-order valence-corrected chi connectivity index (χ4v) is 4.03. The van der Waals surface area contributed by atoms with Gasteiger partial charge in [0.25, 0.3) is 0 Å². The quantitative estimate of drug-likeness (QED) is 0.180. The summed E-state index contributed by atoms with van der Waals surface area (Å²) in [5.41, 5.74) is 4.33. The molecule has 0 atom stereocenters. The van der Waals surface area contributed by atoms with Crippen LogP contribution in [0.2, 0.25) is 0 Å². The Bertz CT molecular complexity index is 1460. The molecule has 0 aliphatic rings. The van der Waals surface area contributed by atoms with Crippen LogP contribution in [0.25, 0.3) is 22.9 Å².